The lowest BCUT2D eigenvalue weighted by atomic mass is 9.52. The van der Waals surface area contributed by atoms with Gasteiger partial charge in [-0.3, -0.25) is 0 Å². The van der Waals surface area contributed by atoms with Crippen LogP contribution in [0.5, 0.6) is 0 Å². The molecule has 2 saturated heterocycles. The minimum absolute atomic E-state index is 0.230. The van der Waals surface area contributed by atoms with Crippen LogP contribution in [0.2, 0.25) is 0 Å². The molecule has 2 heterocycles. The lowest BCUT2D eigenvalue weighted by Crippen LogP contribution is -2.54. The summed E-state index contributed by atoms with van der Waals surface area (Å²) in [5, 5.41) is 0. The molecule has 8 atom stereocenters. The van der Waals surface area contributed by atoms with Gasteiger partial charge in [0.2, 0.25) is 0 Å². The summed E-state index contributed by atoms with van der Waals surface area (Å²) in [6.45, 7) is 32.1. The molecule has 38 heavy (non-hydrogen) atoms. The van der Waals surface area contributed by atoms with E-state index in [2.05, 4.69) is 87.8 Å². The third-order valence-corrected chi connectivity index (χ3v) is 13.0. The Hall–Kier alpha value is 0.310. The lowest BCUT2D eigenvalue weighted by molar-refractivity contribution is -0.104. The smallest absolute Gasteiger partial charge is 0.259 e. The number of hydrogen-bond donors (Lipinski definition) is 0. The second kappa shape index (κ2) is 11.2. The molecule has 2 saturated carbocycles. The zero-order chi connectivity index (χ0) is 28.3. The molecule has 4 heteroatoms. The highest BCUT2D eigenvalue weighted by Crippen LogP contribution is 2.64. The quantitative estimate of drug-likeness (QED) is 0.304. The monoisotopic (exact) mass is 549 g/mol. The molecule has 0 aromatic carbocycles. The van der Waals surface area contributed by atoms with Crippen LogP contribution in [0.3, 0.4) is 0 Å². The Balaban J connectivity index is 1.82. The molecule has 222 valence electrons. The van der Waals surface area contributed by atoms with E-state index >= 15 is 0 Å². The summed E-state index contributed by atoms with van der Waals surface area (Å²) in [7, 11) is -1.02. The lowest BCUT2D eigenvalue weighted by Gasteiger charge is -2.55. The maximum Gasteiger partial charge on any atom is 0.259 e. The van der Waals surface area contributed by atoms with E-state index in [0.717, 1.165) is 24.9 Å². The molecule has 4 fully saturated rings. The molecule has 0 aromatic rings. The first-order valence-electron chi connectivity index (χ1n) is 16.3. The van der Waals surface area contributed by atoms with Crippen LogP contribution < -0.4 is 0 Å². The Bertz CT molecular complexity index is 720. The predicted octanol–water partition coefficient (Wildman–Crippen LogP) is 10.3. The minimum Gasteiger partial charge on any atom is -0.318 e. The topological polar surface area (TPSA) is 21.7 Å². The number of rotatable bonds is 1. The average Bonchev–Trinajstić information content (AvgIpc) is 3.12. The number of nitrogens with zero attached hydrogens (tertiary/aromatic N) is 1. The largest absolute Gasteiger partial charge is 0.318 e. The number of fused-ring (bicyclic) bond motifs is 3. The predicted molar refractivity (Wildman–Crippen MR) is 164 cm³/mol. The fraction of sp³-hybridized carbons (Fsp3) is 1.00. The van der Waals surface area contributed by atoms with Gasteiger partial charge < -0.3 is 9.05 Å². The SMILES string of the molecule is CC(C)(C)C1CC2C3CC(C(C)(C)C)CC(C(C)(C)C)C3OP(N3CCCCCC3)OC2C(C(C)(C)C)C1. The van der Waals surface area contributed by atoms with Crippen molar-refractivity contribution in [2.24, 2.45) is 57.2 Å². The van der Waals surface area contributed by atoms with Gasteiger partial charge in [0.05, 0.1) is 12.2 Å². The van der Waals surface area contributed by atoms with Crippen LogP contribution in [-0.2, 0) is 9.05 Å². The Morgan fingerprint density at radius 2 is 0.868 bits per heavy atom. The van der Waals surface area contributed by atoms with Gasteiger partial charge in [-0.2, -0.15) is 0 Å². The van der Waals surface area contributed by atoms with Gasteiger partial charge in [0, 0.05) is 13.1 Å². The molecule has 0 N–H and O–H groups in total. The van der Waals surface area contributed by atoms with E-state index in [0.29, 0.717) is 46.7 Å². The summed E-state index contributed by atoms with van der Waals surface area (Å²) in [5.41, 5.74) is 1.12. The van der Waals surface area contributed by atoms with E-state index in [1.165, 1.54) is 51.4 Å². The normalized spacial score (nSPS) is 40.6. The zero-order valence-corrected chi connectivity index (χ0v) is 28.3. The second-order valence-corrected chi connectivity index (χ2v) is 19.6. The summed E-state index contributed by atoms with van der Waals surface area (Å²) in [6, 6.07) is 0. The first-order valence-corrected chi connectivity index (χ1v) is 17.4. The van der Waals surface area contributed by atoms with E-state index < -0.39 is 8.53 Å². The van der Waals surface area contributed by atoms with Crippen molar-refractivity contribution in [3.63, 3.8) is 0 Å². The minimum atomic E-state index is -1.02. The maximum atomic E-state index is 7.45. The van der Waals surface area contributed by atoms with Gasteiger partial charge >= 0.3 is 0 Å². The maximum absolute atomic E-state index is 7.45. The molecule has 4 aliphatic rings. The molecule has 0 aromatic heterocycles. The van der Waals surface area contributed by atoms with Crippen molar-refractivity contribution in [3.8, 4) is 0 Å². The van der Waals surface area contributed by atoms with Gasteiger partial charge in [-0.05, 0) is 95.7 Å². The van der Waals surface area contributed by atoms with E-state index in [1.54, 1.807) is 0 Å². The molecule has 8 unspecified atom stereocenters. The van der Waals surface area contributed by atoms with Crippen molar-refractivity contribution >= 4 is 8.53 Å². The molecule has 4 rings (SSSR count). The van der Waals surface area contributed by atoms with Gasteiger partial charge in [-0.1, -0.05) is 95.9 Å². The first kappa shape index (κ1) is 31.3. The van der Waals surface area contributed by atoms with Crippen LogP contribution in [0.4, 0.5) is 0 Å². The second-order valence-electron chi connectivity index (χ2n) is 18.1. The molecule has 2 aliphatic heterocycles. The van der Waals surface area contributed by atoms with Gasteiger partial charge in [0.15, 0.2) is 0 Å². The summed E-state index contributed by atoms with van der Waals surface area (Å²) in [5.74, 6) is 3.82. The van der Waals surface area contributed by atoms with E-state index in [4.69, 9.17) is 9.05 Å². The summed E-state index contributed by atoms with van der Waals surface area (Å²) in [6.07, 6.45) is 11.1. The van der Waals surface area contributed by atoms with Gasteiger partial charge in [0.25, 0.3) is 8.53 Å². The van der Waals surface area contributed by atoms with Crippen molar-refractivity contribution in [2.75, 3.05) is 13.1 Å². The Labute approximate surface area is 238 Å². The van der Waals surface area contributed by atoms with Crippen molar-refractivity contribution in [3.05, 3.63) is 0 Å². The molecule has 3 nitrogen and oxygen atoms in total. The van der Waals surface area contributed by atoms with Crippen molar-refractivity contribution in [1.29, 1.82) is 0 Å². The third kappa shape index (κ3) is 6.85. The highest BCUT2D eigenvalue weighted by molar-refractivity contribution is 7.44. The Kier molecular flexibility index (Phi) is 9.20. The van der Waals surface area contributed by atoms with E-state index in [1.807, 2.05) is 0 Å². The van der Waals surface area contributed by atoms with Crippen LogP contribution >= 0.6 is 8.53 Å². The summed E-state index contributed by atoms with van der Waals surface area (Å²) < 4.78 is 17.6. The van der Waals surface area contributed by atoms with Gasteiger partial charge in [-0.15, -0.1) is 0 Å². The molecule has 0 radical (unpaired) electrons. The van der Waals surface area contributed by atoms with Crippen LogP contribution in [0.1, 0.15) is 134 Å². The molecular formula is C34H64NO2P. The van der Waals surface area contributed by atoms with Crippen molar-refractivity contribution < 1.29 is 9.05 Å². The van der Waals surface area contributed by atoms with Crippen LogP contribution in [0.15, 0.2) is 0 Å². The Morgan fingerprint density at radius 1 is 0.500 bits per heavy atom. The highest BCUT2D eigenvalue weighted by atomic mass is 31.2. The van der Waals surface area contributed by atoms with E-state index in [-0.39, 0.29) is 10.8 Å². The van der Waals surface area contributed by atoms with Crippen LogP contribution in [0, 0.1) is 57.2 Å². The molecule has 0 spiro atoms. The van der Waals surface area contributed by atoms with Gasteiger partial charge in [-0.25, -0.2) is 4.67 Å². The van der Waals surface area contributed by atoms with Crippen molar-refractivity contribution in [1.82, 2.24) is 4.67 Å². The van der Waals surface area contributed by atoms with Gasteiger partial charge in [0.1, 0.15) is 0 Å². The zero-order valence-electron chi connectivity index (χ0n) is 27.4. The molecule has 0 amide bonds. The summed E-state index contributed by atoms with van der Waals surface area (Å²) >= 11 is 0. The third-order valence-electron chi connectivity index (χ3n) is 11.3. The highest BCUT2D eigenvalue weighted by Gasteiger charge is 2.58. The fourth-order valence-corrected chi connectivity index (χ4v) is 10.4. The molecular weight excluding hydrogens is 485 g/mol. The summed E-state index contributed by atoms with van der Waals surface area (Å²) in [4.78, 5) is 0. The molecule has 2 aliphatic carbocycles. The first-order chi connectivity index (χ1) is 17.4. The standard InChI is InChI=1S/C34H64NO2P/c1-31(2,3)23-19-25-26-20-24(32(4,5)6)22-28(34(10,11)12)30(26)37-38(35-17-15-13-14-16-18-35)36-29(25)27(21-23)33(7,8)9/h23-30H,13-22H2,1-12H3. The van der Waals surface area contributed by atoms with Crippen molar-refractivity contribution in [2.45, 2.75) is 147 Å². The fourth-order valence-electron chi connectivity index (χ4n) is 8.43. The van der Waals surface area contributed by atoms with Crippen LogP contribution in [-0.4, -0.2) is 30.0 Å². The molecule has 0 bridgehead atoms. The average molecular weight is 550 g/mol. The van der Waals surface area contributed by atoms with E-state index in [9.17, 15) is 0 Å². The van der Waals surface area contributed by atoms with Crippen LogP contribution in [0.25, 0.3) is 0 Å². The Morgan fingerprint density at radius 3 is 1.18 bits per heavy atom. The number of hydrogen-bond acceptors (Lipinski definition) is 3.